The summed E-state index contributed by atoms with van der Waals surface area (Å²) in [5, 5.41) is 3.36. The van der Waals surface area contributed by atoms with Gasteiger partial charge in [-0.25, -0.2) is 0 Å². The lowest BCUT2D eigenvalue weighted by Gasteiger charge is -2.02. The minimum atomic E-state index is 1.08. The molecule has 0 spiro atoms. The minimum absolute atomic E-state index is 1.08. The van der Waals surface area contributed by atoms with Crippen LogP contribution in [0, 0.1) is 6.92 Å². The second-order valence-electron chi connectivity index (χ2n) is 3.86. The number of rotatable bonds is 1. The molecule has 16 heavy (non-hydrogen) atoms. The molecule has 0 radical (unpaired) electrons. The first-order chi connectivity index (χ1) is 7.84. The third-order valence-electron chi connectivity index (χ3n) is 2.70. The Morgan fingerprint density at radius 2 is 1.81 bits per heavy atom. The van der Waals surface area contributed by atoms with E-state index in [1.54, 1.807) is 11.3 Å². The third-order valence-corrected chi connectivity index (χ3v) is 3.59. The van der Waals surface area contributed by atoms with Gasteiger partial charge in [-0.3, -0.25) is 4.98 Å². The molecule has 3 rings (SSSR count). The van der Waals surface area contributed by atoms with Crippen LogP contribution >= 0.6 is 11.3 Å². The van der Waals surface area contributed by atoms with Crippen LogP contribution in [0.15, 0.2) is 48.0 Å². The van der Waals surface area contributed by atoms with Gasteiger partial charge in [0.1, 0.15) is 0 Å². The molecule has 1 nitrogen and oxygen atoms in total. The van der Waals surface area contributed by atoms with Gasteiger partial charge in [-0.1, -0.05) is 29.8 Å². The predicted octanol–water partition coefficient (Wildman–Crippen LogP) is 4.27. The molecule has 2 aromatic heterocycles. The molecule has 0 atom stereocenters. The minimum Gasteiger partial charge on any atom is -0.256 e. The average molecular weight is 225 g/mol. The number of nitrogens with zero attached hydrogens (tertiary/aromatic N) is 1. The largest absolute Gasteiger partial charge is 0.256 e. The van der Waals surface area contributed by atoms with Crippen LogP contribution in [0.25, 0.3) is 21.3 Å². The van der Waals surface area contributed by atoms with Crippen molar-refractivity contribution in [1.82, 2.24) is 4.98 Å². The lowest BCUT2D eigenvalue weighted by Crippen LogP contribution is -1.83. The molecule has 0 unspecified atom stereocenters. The zero-order chi connectivity index (χ0) is 11.0. The van der Waals surface area contributed by atoms with Crippen molar-refractivity contribution in [2.75, 3.05) is 0 Å². The van der Waals surface area contributed by atoms with Gasteiger partial charge in [0.2, 0.25) is 0 Å². The standard InChI is InChI=1S/C14H11NS/c1-10-2-4-11(5-3-10)14-12-7-9-16-13(12)6-8-15-14/h2-9H,1H3. The number of pyridine rings is 1. The van der Waals surface area contributed by atoms with Gasteiger partial charge in [0, 0.05) is 21.8 Å². The van der Waals surface area contributed by atoms with Crippen LogP contribution in [0.2, 0.25) is 0 Å². The summed E-state index contributed by atoms with van der Waals surface area (Å²) >= 11 is 1.76. The molecule has 0 saturated heterocycles. The van der Waals surface area contributed by atoms with E-state index >= 15 is 0 Å². The van der Waals surface area contributed by atoms with E-state index in [4.69, 9.17) is 0 Å². The maximum absolute atomic E-state index is 4.49. The van der Waals surface area contributed by atoms with Crippen LogP contribution in [-0.2, 0) is 0 Å². The second kappa shape index (κ2) is 3.72. The predicted molar refractivity (Wildman–Crippen MR) is 69.8 cm³/mol. The lowest BCUT2D eigenvalue weighted by atomic mass is 10.1. The van der Waals surface area contributed by atoms with Crippen molar-refractivity contribution < 1.29 is 0 Å². The Morgan fingerprint density at radius 3 is 2.62 bits per heavy atom. The first kappa shape index (κ1) is 9.55. The summed E-state index contributed by atoms with van der Waals surface area (Å²) in [6.45, 7) is 2.10. The Kier molecular flexibility index (Phi) is 2.22. The highest BCUT2D eigenvalue weighted by Gasteiger charge is 2.05. The molecule has 0 aliphatic carbocycles. The third kappa shape index (κ3) is 1.51. The molecular formula is C14H11NS. The van der Waals surface area contributed by atoms with Crippen LogP contribution in [0.1, 0.15) is 5.56 Å². The first-order valence-corrected chi connectivity index (χ1v) is 6.12. The number of benzene rings is 1. The quantitative estimate of drug-likeness (QED) is 0.602. The fourth-order valence-electron chi connectivity index (χ4n) is 1.84. The zero-order valence-corrected chi connectivity index (χ0v) is 9.79. The number of aryl methyl sites for hydroxylation is 1. The van der Waals surface area contributed by atoms with E-state index in [0.29, 0.717) is 0 Å². The SMILES string of the molecule is Cc1ccc(-c2nccc3sccc23)cc1. The van der Waals surface area contributed by atoms with Crippen molar-refractivity contribution in [2.24, 2.45) is 0 Å². The van der Waals surface area contributed by atoms with Crippen LogP contribution in [0.4, 0.5) is 0 Å². The van der Waals surface area contributed by atoms with Crippen LogP contribution in [0.5, 0.6) is 0 Å². The summed E-state index contributed by atoms with van der Waals surface area (Å²) in [4.78, 5) is 4.49. The van der Waals surface area contributed by atoms with Gasteiger partial charge in [0.15, 0.2) is 0 Å². The highest BCUT2D eigenvalue weighted by atomic mass is 32.1. The van der Waals surface area contributed by atoms with E-state index in [9.17, 15) is 0 Å². The Labute approximate surface area is 98.4 Å². The molecule has 0 fully saturated rings. The molecule has 0 saturated carbocycles. The van der Waals surface area contributed by atoms with Crippen molar-refractivity contribution >= 4 is 21.4 Å². The van der Waals surface area contributed by atoms with E-state index in [-0.39, 0.29) is 0 Å². The van der Waals surface area contributed by atoms with Crippen molar-refractivity contribution in [2.45, 2.75) is 6.92 Å². The van der Waals surface area contributed by atoms with E-state index in [0.717, 1.165) is 5.69 Å². The van der Waals surface area contributed by atoms with Gasteiger partial charge in [0.25, 0.3) is 0 Å². The van der Waals surface area contributed by atoms with Crippen LogP contribution in [0.3, 0.4) is 0 Å². The Morgan fingerprint density at radius 1 is 1.00 bits per heavy atom. The first-order valence-electron chi connectivity index (χ1n) is 5.24. The summed E-state index contributed by atoms with van der Waals surface area (Å²) in [6, 6.07) is 12.7. The fourth-order valence-corrected chi connectivity index (χ4v) is 2.62. The fraction of sp³-hybridized carbons (Fsp3) is 0.0714. The summed E-state index contributed by atoms with van der Waals surface area (Å²) in [6.07, 6.45) is 1.88. The second-order valence-corrected chi connectivity index (χ2v) is 4.81. The van der Waals surface area contributed by atoms with Crippen molar-refractivity contribution in [3.8, 4) is 11.3 Å². The van der Waals surface area contributed by atoms with Crippen LogP contribution in [-0.4, -0.2) is 4.98 Å². The van der Waals surface area contributed by atoms with Gasteiger partial charge < -0.3 is 0 Å². The number of hydrogen-bond acceptors (Lipinski definition) is 2. The average Bonchev–Trinajstić information content (AvgIpc) is 2.78. The highest BCUT2D eigenvalue weighted by molar-refractivity contribution is 7.17. The van der Waals surface area contributed by atoms with Gasteiger partial charge in [-0.15, -0.1) is 11.3 Å². The van der Waals surface area contributed by atoms with E-state index in [1.165, 1.54) is 21.2 Å². The lowest BCUT2D eigenvalue weighted by molar-refractivity contribution is 1.35. The maximum atomic E-state index is 4.49. The van der Waals surface area contributed by atoms with Crippen LogP contribution < -0.4 is 0 Å². The Hall–Kier alpha value is -1.67. The van der Waals surface area contributed by atoms with Gasteiger partial charge in [0.05, 0.1) is 5.69 Å². The molecule has 2 heterocycles. The normalized spacial score (nSPS) is 10.8. The molecule has 2 heteroatoms. The molecule has 0 aliphatic heterocycles. The number of aromatic nitrogens is 1. The number of thiophene rings is 1. The van der Waals surface area contributed by atoms with E-state index < -0.39 is 0 Å². The van der Waals surface area contributed by atoms with Crippen molar-refractivity contribution in [3.05, 3.63) is 53.5 Å². The monoisotopic (exact) mass is 225 g/mol. The van der Waals surface area contributed by atoms with Gasteiger partial charge in [-0.05, 0) is 24.4 Å². The molecular weight excluding hydrogens is 214 g/mol. The summed E-state index contributed by atoms with van der Waals surface area (Å²) in [5.74, 6) is 0. The van der Waals surface area contributed by atoms with Crippen molar-refractivity contribution in [3.63, 3.8) is 0 Å². The molecule has 78 valence electrons. The molecule has 0 N–H and O–H groups in total. The molecule has 0 aliphatic rings. The van der Waals surface area contributed by atoms with E-state index in [1.807, 2.05) is 6.20 Å². The smallest absolute Gasteiger partial charge is 0.0788 e. The summed E-state index contributed by atoms with van der Waals surface area (Å²) in [7, 11) is 0. The molecule has 0 amide bonds. The molecule has 0 bridgehead atoms. The van der Waals surface area contributed by atoms with Crippen molar-refractivity contribution in [1.29, 1.82) is 0 Å². The van der Waals surface area contributed by atoms with Gasteiger partial charge in [-0.2, -0.15) is 0 Å². The number of hydrogen-bond donors (Lipinski definition) is 0. The summed E-state index contributed by atoms with van der Waals surface area (Å²) < 4.78 is 1.30. The summed E-state index contributed by atoms with van der Waals surface area (Å²) in [5.41, 5.74) is 3.55. The Bertz CT molecular complexity index is 623. The zero-order valence-electron chi connectivity index (χ0n) is 8.97. The van der Waals surface area contributed by atoms with E-state index in [2.05, 4.69) is 53.7 Å². The molecule has 3 aromatic rings. The Balaban J connectivity index is 2.25. The van der Waals surface area contributed by atoms with Gasteiger partial charge >= 0.3 is 0 Å². The topological polar surface area (TPSA) is 12.9 Å². The molecule has 1 aromatic carbocycles. The number of fused-ring (bicyclic) bond motifs is 1. The highest BCUT2D eigenvalue weighted by Crippen LogP contribution is 2.29. The maximum Gasteiger partial charge on any atom is 0.0788 e.